The van der Waals surface area contributed by atoms with Gasteiger partial charge in [0.05, 0.1) is 22.8 Å². The van der Waals surface area contributed by atoms with Crippen molar-refractivity contribution in [2.45, 2.75) is 44.8 Å². The lowest BCUT2D eigenvalue weighted by molar-refractivity contribution is 0.188. The zero-order valence-corrected chi connectivity index (χ0v) is 19.5. The van der Waals surface area contributed by atoms with Crippen molar-refractivity contribution in [3.63, 3.8) is 0 Å². The largest absolute Gasteiger partial charge is 0.487 e. The second-order valence-electron chi connectivity index (χ2n) is 9.15. The Morgan fingerprint density at radius 2 is 2.06 bits per heavy atom. The van der Waals surface area contributed by atoms with Crippen molar-refractivity contribution in [3.8, 4) is 22.9 Å². The number of benzene rings is 2. The number of fused-ring (bicyclic) bond motifs is 2. The highest BCUT2D eigenvalue weighted by Crippen LogP contribution is 2.47. The number of halogens is 1. The third kappa shape index (κ3) is 3.79. The molecule has 1 saturated heterocycles. The van der Waals surface area contributed by atoms with Crippen LogP contribution in [0.15, 0.2) is 30.6 Å². The molecular weight excluding hydrogens is 438 g/mol. The van der Waals surface area contributed by atoms with E-state index in [0.717, 1.165) is 64.3 Å². The molecule has 2 fully saturated rings. The van der Waals surface area contributed by atoms with Gasteiger partial charge < -0.3 is 14.4 Å². The summed E-state index contributed by atoms with van der Waals surface area (Å²) < 4.78 is 12.5. The van der Waals surface area contributed by atoms with Crippen LogP contribution in [0, 0.1) is 6.92 Å². The van der Waals surface area contributed by atoms with Gasteiger partial charge >= 0.3 is 6.01 Å². The topological polar surface area (TPSA) is 76.2 Å². The summed E-state index contributed by atoms with van der Waals surface area (Å²) in [4.78, 5) is 11.6. The van der Waals surface area contributed by atoms with E-state index in [9.17, 15) is 0 Å². The second kappa shape index (κ2) is 8.15. The van der Waals surface area contributed by atoms with Crippen LogP contribution in [0.25, 0.3) is 32.9 Å². The molecule has 0 bridgehead atoms. The van der Waals surface area contributed by atoms with Crippen molar-refractivity contribution in [2.75, 3.05) is 20.2 Å². The monoisotopic (exact) mass is 463 g/mol. The highest BCUT2D eigenvalue weighted by Gasteiger charge is 2.29. The van der Waals surface area contributed by atoms with Crippen molar-refractivity contribution in [1.29, 1.82) is 0 Å². The number of nitrogens with zero attached hydrogens (tertiary/aromatic N) is 4. The Hall–Kier alpha value is -2.90. The number of likely N-dealkylation sites (N-methyl/N-ethyl adjacent to an activating group) is 1. The lowest BCUT2D eigenvalue weighted by Crippen LogP contribution is -2.30. The Bertz CT molecular complexity index is 1350. The molecule has 3 heterocycles. The molecule has 1 aliphatic carbocycles. The minimum absolute atomic E-state index is 0.181. The van der Waals surface area contributed by atoms with Crippen molar-refractivity contribution >= 4 is 33.4 Å². The van der Waals surface area contributed by atoms with Crippen LogP contribution >= 0.6 is 11.6 Å². The standard InChI is InChI=1S/C25H26ClN5O2/c1-14-5-8-20-18(12-28-30-20)21(14)22-19(26)10-15-11-27-25(32-13-16-4-3-9-31(16)2)29-23(15)24(22)33-17-6-7-17/h5,8,10-12,16-17H,3-4,6-7,9,13H2,1-2H3,(H,28,30)/t16-/m0/s1. The summed E-state index contributed by atoms with van der Waals surface area (Å²) in [6, 6.07) is 6.79. The molecule has 2 aromatic carbocycles. The Morgan fingerprint density at radius 1 is 1.18 bits per heavy atom. The lowest BCUT2D eigenvalue weighted by Gasteiger charge is -2.20. The van der Waals surface area contributed by atoms with Gasteiger partial charge in [0.15, 0.2) is 5.75 Å². The van der Waals surface area contributed by atoms with E-state index in [0.29, 0.717) is 29.4 Å². The Labute approximate surface area is 197 Å². The summed E-state index contributed by atoms with van der Waals surface area (Å²) in [6.45, 7) is 3.76. The van der Waals surface area contributed by atoms with Gasteiger partial charge in [0.2, 0.25) is 0 Å². The van der Waals surface area contributed by atoms with Crippen LogP contribution in [0.5, 0.6) is 11.8 Å². The average Bonchev–Trinajstić information content (AvgIpc) is 3.33. The van der Waals surface area contributed by atoms with Gasteiger partial charge in [-0.25, -0.2) is 4.98 Å². The number of ether oxygens (including phenoxy) is 2. The first kappa shape index (κ1) is 20.7. The maximum absolute atomic E-state index is 6.89. The predicted octanol–water partition coefficient (Wildman–Crippen LogP) is 5.15. The van der Waals surface area contributed by atoms with E-state index in [1.807, 2.05) is 18.3 Å². The number of H-pyrrole nitrogens is 1. The molecule has 7 nitrogen and oxygen atoms in total. The fraction of sp³-hybridized carbons (Fsp3) is 0.400. The first-order chi connectivity index (χ1) is 16.1. The molecule has 6 rings (SSSR count). The highest BCUT2D eigenvalue weighted by molar-refractivity contribution is 6.35. The van der Waals surface area contributed by atoms with Crippen molar-refractivity contribution < 1.29 is 9.47 Å². The molecule has 1 saturated carbocycles. The fourth-order valence-electron chi connectivity index (χ4n) is 4.69. The summed E-state index contributed by atoms with van der Waals surface area (Å²) >= 11 is 6.89. The van der Waals surface area contributed by atoms with Gasteiger partial charge in [0.1, 0.15) is 12.1 Å². The maximum Gasteiger partial charge on any atom is 0.317 e. The van der Waals surface area contributed by atoms with Gasteiger partial charge in [-0.3, -0.25) is 5.10 Å². The number of likely N-dealkylation sites (tertiary alicyclic amines) is 1. The zero-order chi connectivity index (χ0) is 22.5. The van der Waals surface area contributed by atoms with Crippen molar-refractivity contribution in [1.82, 2.24) is 25.1 Å². The number of aromatic nitrogens is 4. The summed E-state index contributed by atoms with van der Waals surface area (Å²) in [5.74, 6) is 0.696. The van der Waals surface area contributed by atoms with Gasteiger partial charge in [-0.2, -0.15) is 10.1 Å². The number of aromatic amines is 1. The molecule has 33 heavy (non-hydrogen) atoms. The molecule has 1 atom stereocenters. The molecule has 1 aliphatic heterocycles. The first-order valence-electron chi connectivity index (χ1n) is 11.5. The van der Waals surface area contributed by atoms with Crippen molar-refractivity contribution in [3.05, 3.63) is 41.2 Å². The van der Waals surface area contributed by atoms with Crippen LogP contribution in [0.1, 0.15) is 31.2 Å². The first-order valence-corrected chi connectivity index (χ1v) is 11.9. The van der Waals surface area contributed by atoms with E-state index in [4.69, 9.17) is 26.1 Å². The highest BCUT2D eigenvalue weighted by atomic mass is 35.5. The summed E-state index contributed by atoms with van der Waals surface area (Å²) in [5.41, 5.74) is 4.64. The molecule has 2 aliphatic rings. The number of nitrogens with one attached hydrogen (secondary N) is 1. The fourth-order valence-corrected chi connectivity index (χ4v) is 4.98. The van der Waals surface area contributed by atoms with Crippen LogP contribution in [-0.2, 0) is 0 Å². The molecule has 0 amide bonds. The van der Waals surface area contributed by atoms with Crippen LogP contribution in [0.3, 0.4) is 0 Å². The Balaban J connectivity index is 1.49. The zero-order valence-electron chi connectivity index (χ0n) is 18.8. The normalized spacial score (nSPS) is 18.9. The molecule has 0 spiro atoms. The maximum atomic E-state index is 6.89. The van der Waals surface area contributed by atoms with E-state index in [-0.39, 0.29) is 6.10 Å². The molecule has 0 unspecified atom stereocenters. The van der Waals surface area contributed by atoms with Crippen LogP contribution in [-0.4, -0.2) is 57.4 Å². The summed E-state index contributed by atoms with van der Waals surface area (Å²) in [6.07, 6.45) is 8.19. The molecule has 8 heteroatoms. The van der Waals surface area contributed by atoms with Crippen LogP contribution in [0.4, 0.5) is 0 Å². The Kier molecular flexibility index (Phi) is 5.11. The van der Waals surface area contributed by atoms with Gasteiger partial charge in [0.25, 0.3) is 0 Å². The van der Waals surface area contributed by atoms with E-state index >= 15 is 0 Å². The van der Waals surface area contributed by atoms with Gasteiger partial charge in [-0.05, 0) is 63.9 Å². The van der Waals surface area contributed by atoms with E-state index in [2.05, 4.69) is 40.1 Å². The molecule has 0 radical (unpaired) electrons. The molecule has 4 aromatic rings. The molecule has 1 N–H and O–H groups in total. The average molecular weight is 464 g/mol. The number of rotatable bonds is 6. The number of hydrogen-bond donors (Lipinski definition) is 1. The van der Waals surface area contributed by atoms with Gasteiger partial charge in [-0.1, -0.05) is 17.7 Å². The van der Waals surface area contributed by atoms with Crippen LogP contribution < -0.4 is 9.47 Å². The molecular formula is C25H26ClN5O2. The SMILES string of the molecule is Cc1ccc2[nH]ncc2c1-c1c(Cl)cc2cnc(OC[C@@H]3CCCN3C)nc2c1OC1CC1. The summed E-state index contributed by atoms with van der Waals surface area (Å²) in [5, 5.41) is 9.76. The molecule has 170 valence electrons. The minimum Gasteiger partial charge on any atom is -0.487 e. The van der Waals surface area contributed by atoms with E-state index in [1.165, 1.54) is 6.42 Å². The minimum atomic E-state index is 0.181. The lowest BCUT2D eigenvalue weighted by atomic mass is 9.95. The van der Waals surface area contributed by atoms with Crippen molar-refractivity contribution in [2.24, 2.45) is 0 Å². The quantitative estimate of drug-likeness (QED) is 0.426. The third-order valence-corrected chi connectivity index (χ3v) is 7.02. The van der Waals surface area contributed by atoms with Crippen LogP contribution in [0.2, 0.25) is 5.02 Å². The number of aryl methyl sites for hydroxylation is 1. The predicted molar refractivity (Wildman–Crippen MR) is 129 cm³/mol. The smallest absolute Gasteiger partial charge is 0.317 e. The van der Waals surface area contributed by atoms with E-state index in [1.54, 1.807) is 6.20 Å². The van der Waals surface area contributed by atoms with E-state index < -0.39 is 0 Å². The third-order valence-electron chi connectivity index (χ3n) is 6.73. The Morgan fingerprint density at radius 3 is 2.85 bits per heavy atom. The van der Waals surface area contributed by atoms with Gasteiger partial charge in [-0.15, -0.1) is 0 Å². The second-order valence-corrected chi connectivity index (χ2v) is 9.55. The number of hydrogen-bond acceptors (Lipinski definition) is 6. The van der Waals surface area contributed by atoms with Gasteiger partial charge in [0, 0.05) is 34.1 Å². The molecule has 2 aromatic heterocycles. The summed E-state index contributed by atoms with van der Waals surface area (Å²) in [7, 11) is 2.14.